The van der Waals surface area contributed by atoms with Gasteiger partial charge in [0.1, 0.15) is 0 Å². The first-order chi connectivity index (χ1) is 6.99. The third-order valence-electron chi connectivity index (χ3n) is 1.84. The van der Waals surface area contributed by atoms with Crippen LogP contribution in [0.25, 0.3) is 6.08 Å². The van der Waals surface area contributed by atoms with E-state index < -0.39 is 0 Å². The fourth-order valence-electron chi connectivity index (χ4n) is 1.09. The number of halogens is 2. The van der Waals surface area contributed by atoms with Crippen LogP contribution in [0.4, 0.5) is 0 Å². The Kier molecular flexibility index (Phi) is 5.53. The van der Waals surface area contributed by atoms with Gasteiger partial charge in [0.05, 0.1) is 3.79 Å². The van der Waals surface area contributed by atoms with Gasteiger partial charge < -0.3 is 5.32 Å². The van der Waals surface area contributed by atoms with E-state index in [0.29, 0.717) is 6.04 Å². The maximum Gasteiger partial charge on any atom is 0.0846 e. The Balaban J connectivity index is 2.62. The van der Waals surface area contributed by atoms with Crippen molar-refractivity contribution < 1.29 is 0 Å². The van der Waals surface area contributed by atoms with Crippen LogP contribution >= 0.6 is 43.2 Å². The molecule has 4 heteroatoms. The summed E-state index contributed by atoms with van der Waals surface area (Å²) in [7, 11) is 0. The van der Waals surface area contributed by atoms with Crippen LogP contribution in [0.3, 0.4) is 0 Å². The number of nitrogens with one attached hydrogen (secondary N) is 1. The molecule has 0 aliphatic carbocycles. The largest absolute Gasteiger partial charge is 0.311 e. The lowest BCUT2D eigenvalue weighted by atomic mass is 10.2. The molecule has 0 amide bonds. The van der Waals surface area contributed by atoms with Gasteiger partial charge in [-0.05, 0) is 50.9 Å². The summed E-state index contributed by atoms with van der Waals surface area (Å²) < 4.78 is 2.28. The highest BCUT2D eigenvalue weighted by Gasteiger charge is 2.02. The van der Waals surface area contributed by atoms with Crippen LogP contribution in [-0.2, 0) is 0 Å². The topological polar surface area (TPSA) is 12.0 Å². The first-order valence-corrected chi connectivity index (χ1v) is 7.24. The quantitative estimate of drug-likeness (QED) is 0.829. The number of hydrogen-bond donors (Lipinski definition) is 1. The van der Waals surface area contributed by atoms with E-state index in [2.05, 4.69) is 70.1 Å². The molecule has 84 valence electrons. The van der Waals surface area contributed by atoms with Gasteiger partial charge in [0, 0.05) is 21.9 Å². The maximum absolute atomic E-state index is 3.49. The van der Waals surface area contributed by atoms with Crippen molar-refractivity contribution in [2.45, 2.75) is 26.8 Å². The van der Waals surface area contributed by atoms with E-state index in [9.17, 15) is 0 Å². The molecule has 0 saturated heterocycles. The van der Waals surface area contributed by atoms with Crippen LogP contribution in [-0.4, -0.2) is 12.6 Å². The molecule has 0 aliphatic heterocycles. The lowest BCUT2D eigenvalue weighted by Crippen LogP contribution is -2.24. The van der Waals surface area contributed by atoms with Gasteiger partial charge in [-0.3, -0.25) is 0 Å². The molecule has 15 heavy (non-hydrogen) atoms. The van der Waals surface area contributed by atoms with Crippen LogP contribution in [0.1, 0.15) is 25.6 Å². The standard InChI is InChI=1S/C11H15Br2NS/c1-7(2)14-6-8(3)4-9-5-10(12)11(13)15-9/h4-5,7,14H,6H2,1-3H3. The Hall–Kier alpha value is 0.360. The predicted molar refractivity (Wildman–Crippen MR) is 76.5 cm³/mol. The molecule has 0 aliphatic rings. The highest BCUT2D eigenvalue weighted by Crippen LogP contribution is 2.33. The van der Waals surface area contributed by atoms with E-state index in [1.54, 1.807) is 11.3 Å². The molecule has 1 aromatic rings. The number of thiophene rings is 1. The summed E-state index contributed by atoms with van der Waals surface area (Å²) in [6, 6.07) is 2.67. The molecule has 1 rings (SSSR count). The van der Waals surface area contributed by atoms with Crippen LogP contribution in [0, 0.1) is 0 Å². The second-order valence-electron chi connectivity index (χ2n) is 3.80. The van der Waals surface area contributed by atoms with Gasteiger partial charge in [0.2, 0.25) is 0 Å². The minimum atomic E-state index is 0.537. The first-order valence-electron chi connectivity index (χ1n) is 4.84. The summed E-state index contributed by atoms with van der Waals surface area (Å²) in [5, 5.41) is 3.40. The first kappa shape index (κ1) is 13.4. The minimum absolute atomic E-state index is 0.537. The van der Waals surface area contributed by atoms with Crippen molar-refractivity contribution >= 4 is 49.3 Å². The minimum Gasteiger partial charge on any atom is -0.311 e. The van der Waals surface area contributed by atoms with Gasteiger partial charge in [-0.25, -0.2) is 0 Å². The van der Waals surface area contributed by atoms with E-state index in [1.165, 1.54) is 10.5 Å². The van der Waals surface area contributed by atoms with Gasteiger partial charge in [-0.15, -0.1) is 11.3 Å². The van der Waals surface area contributed by atoms with Gasteiger partial charge in [-0.2, -0.15) is 0 Å². The van der Waals surface area contributed by atoms with Gasteiger partial charge in [-0.1, -0.05) is 19.4 Å². The van der Waals surface area contributed by atoms with Crippen molar-refractivity contribution in [3.8, 4) is 0 Å². The lowest BCUT2D eigenvalue weighted by Gasteiger charge is -2.07. The smallest absolute Gasteiger partial charge is 0.0846 e. The van der Waals surface area contributed by atoms with Crippen molar-refractivity contribution in [2.75, 3.05) is 6.54 Å². The molecule has 0 radical (unpaired) electrons. The monoisotopic (exact) mass is 351 g/mol. The summed E-state index contributed by atoms with van der Waals surface area (Å²) in [6.07, 6.45) is 2.22. The zero-order valence-corrected chi connectivity index (χ0v) is 13.1. The molecular formula is C11H15Br2NS. The molecule has 1 nitrogen and oxygen atoms in total. The highest BCUT2D eigenvalue weighted by molar-refractivity contribution is 9.13. The van der Waals surface area contributed by atoms with Crippen LogP contribution in [0.5, 0.6) is 0 Å². The zero-order valence-electron chi connectivity index (χ0n) is 9.10. The summed E-state index contributed by atoms with van der Waals surface area (Å²) in [5.41, 5.74) is 1.35. The van der Waals surface area contributed by atoms with Crippen molar-refractivity contribution in [1.82, 2.24) is 5.32 Å². The third kappa shape index (κ3) is 4.81. The maximum atomic E-state index is 3.49. The third-order valence-corrected chi connectivity index (χ3v) is 5.05. The molecule has 1 heterocycles. The molecule has 0 atom stereocenters. The molecule has 0 aromatic carbocycles. The Bertz CT molecular complexity index is 336. The Morgan fingerprint density at radius 1 is 1.53 bits per heavy atom. The molecule has 1 N–H and O–H groups in total. The van der Waals surface area contributed by atoms with E-state index in [0.717, 1.165) is 14.8 Å². The zero-order chi connectivity index (χ0) is 11.4. The predicted octanol–water partition coefficient (Wildman–Crippen LogP) is 4.67. The second kappa shape index (κ2) is 6.18. The van der Waals surface area contributed by atoms with Crippen molar-refractivity contribution in [3.05, 3.63) is 24.8 Å². The van der Waals surface area contributed by atoms with Crippen LogP contribution in [0.15, 0.2) is 19.9 Å². The van der Waals surface area contributed by atoms with Crippen molar-refractivity contribution in [2.24, 2.45) is 0 Å². The molecular weight excluding hydrogens is 338 g/mol. The van der Waals surface area contributed by atoms with Crippen LogP contribution in [0.2, 0.25) is 0 Å². The van der Waals surface area contributed by atoms with Crippen molar-refractivity contribution in [3.63, 3.8) is 0 Å². The van der Waals surface area contributed by atoms with E-state index >= 15 is 0 Å². The summed E-state index contributed by atoms with van der Waals surface area (Å²) >= 11 is 8.72. The van der Waals surface area contributed by atoms with Crippen molar-refractivity contribution in [1.29, 1.82) is 0 Å². The van der Waals surface area contributed by atoms with E-state index in [1.807, 2.05) is 0 Å². The molecule has 0 bridgehead atoms. The van der Waals surface area contributed by atoms with Gasteiger partial charge >= 0.3 is 0 Å². The number of hydrogen-bond acceptors (Lipinski definition) is 2. The summed E-state index contributed by atoms with van der Waals surface area (Å²) in [5.74, 6) is 0. The molecule has 1 aromatic heterocycles. The molecule has 0 fully saturated rings. The fraction of sp³-hybridized carbons (Fsp3) is 0.455. The summed E-state index contributed by atoms with van der Waals surface area (Å²) in [6.45, 7) is 7.42. The summed E-state index contributed by atoms with van der Waals surface area (Å²) in [4.78, 5) is 1.27. The van der Waals surface area contributed by atoms with E-state index in [-0.39, 0.29) is 0 Å². The molecule has 0 spiro atoms. The van der Waals surface area contributed by atoms with Crippen LogP contribution < -0.4 is 5.32 Å². The van der Waals surface area contributed by atoms with Gasteiger partial charge in [0.25, 0.3) is 0 Å². The fourth-order valence-corrected chi connectivity index (χ4v) is 3.21. The Labute approximate surface area is 112 Å². The second-order valence-corrected chi connectivity index (χ2v) is 7.05. The molecule has 0 saturated carbocycles. The van der Waals surface area contributed by atoms with Gasteiger partial charge in [0.15, 0.2) is 0 Å². The highest BCUT2D eigenvalue weighted by atomic mass is 79.9. The Morgan fingerprint density at radius 2 is 2.20 bits per heavy atom. The average molecular weight is 353 g/mol. The SMILES string of the molecule is CC(=Cc1cc(Br)c(Br)s1)CNC(C)C. The Morgan fingerprint density at radius 3 is 2.67 bits per heavy atom. The average Bonchev–Trinajstić information content (AvgIpc) is 2.42. The molecule has 0 unspecified atom stereocenters. The number of rotatable bonds is 4. The van der Waals surface area contributed by atoms with E-state index in [4.69, 9.17) is 0 Å². The normalized spacial score (nSPS) is 12.5. The lowest BCUT2D eigenvalue weighted by molar-refractivity contribution is 0.623.